The Labute approximate surface area is 83.5 Å². The van der Waals surface area contributed by atoms with E-state index >= 15 is 0 Å². The highest BCUT2D eigenvalue weighted by molar-refractivity contribution is 5.07. The molecule has 0 aromatic carbocycles. The van der Waals surface area contributed by atoms with Crippen LogP contribution < -0.4 is 5.32 Å². The minimum absolute atomic E-state index is 0.179. The normalized spacial score (nSPS) is 24.8. The zero-order valence-electron chi connectivity index (χ0n) is 8.21. The third-order valence-electron chi connectivity index (χ3n) is 2.86. The van der Waals surface area contributed by atoms with E-state index in [9.17, 15) is 4.39 Å². The van der Waals surface area contributed by atoms with Gasteiger partial charge < -0.3 is 9.73 Å². The average molecular weight is 197 g/mol. The van der Waals surface area contributed by atoms with Crippen LogP contribution in [0.25, 0.3) is 0 Å². The molecule has 1 saturated heterocycles. The number of piperidine rings is 1. The maximum atomic E-state index is 13.8. The molecule has 1 fully saturated rings. The molecule has 0 radical (unpaired) electrons. The van der Waals surface area contributed by atoms with E-state index in [2.05, 4.69) is 5.32 Å². The SMILES string of the molecule is FC(Cc1ccoc1)C1CCCNC1. The highest BCUT2D eigenvalue weighted by Crippen LogP contribution is 2.20. The average Bonchev–Trinajstić information content (AvgIpc) is 2.72. The summed E-state index contributed by atoms with van der Waals surface area (Å²) in [6.45, 7) is 1.86. The molecule has 1 aliphatic heterocycles. The lowest BCUT2D eigenvalue weighted by Crippen LogP contribution is -2.35. The fourth-order valence-corrected chi connectivity index (χ4v) is 1.99. The van der Waals surface area contributed by atoms with Crippen molar-refractivity contribution in [2.24, 2.45) is 5.92 Å². The zero-order chi connectivity index (χ0) is 9.80. The van der Waals surface area contributed by atoms with Crippen LogP contribution in [0.5, 0.6) is 0 Å². The second-order valence-corrected chi connectivity index (χ2v) is 3.96. The Morgan fingerprint density at radius 3 is 3.21 bits per heavy atom. The first kappa shape index (κ1) is 9.71. The molecule has 2 atom stereocenters. The Morgan fingerprint density at radius 2 is 2.57 bits per heavy atom. The van der Waals surface area contributed by atoms with E-state index in [4.69, 9.17) is 4.42 Å². The summed E-state index contributed by atoms with van der Waals surface area (Å²) in [5, 5.41) is 3.23. The molecule has 0 saturated carbocycles. The first-order valence-corrected chi connectivity index (χ1v) is 5.22. The third-order valence-corrected chi connectivity index (χ3v) is 2.86. The van der Waals surface area contributed by atoms with Gasteiger partial charge in [0.1, 0.15) is 6.17 Å². The van der Waals surface area contributed by atoms with Crippen molar-refractivity contribution in [1.29, 1.82) is 0 Å². The molecule has 0 amide bonds. The van der Waals surface area contributed by atoms with Crippen LogP contribution in [0.3, 0.4) is 0 Å². The zero-order valence-corrected chi connectivity index (χ0v) is 8.21. The second-order valence-electron chi connectivity index (χ2n) is 3.96. The van der Waals surface area contributed by atoms with Crippen LogP contribution in [-0.2, 0) is 6.42 Å². The van der Waals surface area contributed by atoms with Crippen molar-refractivity contribution in [3.05, 3.63) is 24.2 Å². The first-order valence-electron chi connectivity index (χ1n) is 5.22. The van der Waals surface area contributed by atoms with Gasteiger partial charge in [-0.25, -0.2) is 4.39 Å². The highest BCUT2D eigenvalue weighted by Gasteiger charge is 2.23. The van der Waals surface area contributed by atoms with Gasteiger partial charge in [0, 0.05) is 18.9 Å². The predicted molar refractivity (Wildman–Crippen MR) is 52.9 cm³/mol. The van der Waals surface area contributed by atoms with Crippen LogP contribution in [0.15, 0.2) is 23.0 Å². The van der Waals surface area contributed by atoms with Gasteiger partial charge >= 0.3 is 0 Å². The van der Waals surface area contributed by atoms with Crippen LogP contribution in [0.2, 0.25) is 0 Å². The molecule has 1 N–H and O–H groups in total. The van der Waals surface area contributed by atoms with E-state index in [0.29, 0.717) is 6.42 Å². The van der Waals surface area contributed by atoms with E-state index in [1.165, 1.54) is 0 Å². The number of alkyl halides is 1. The summed E-state index contributed by atoms with van der Waals surface area (Å²) in [5.41, 5.74) is 0.961. The maximum absolute atomic E-state index is 13.8. The van der Waals surface area contributed by atoms with E-state index in [1.54, 1.807) is 12.5 Å². The molecule has 14 heavy (non-hydrogen) atoms. The molecule has 1 aliphatic rings. The van der Waals surface area contributed by atoms with E-state index < -0.39 is 6.17 Å². The third kappa shape index (κ3) is 2.35. The van der Waals surface area contributed by atoms with Crippen LogP contribution in [0, 0.1) is 5.92 Å². The van der Waals surface area contributed by atoms with Crippen LogP contribution in [0.1, 0.15) is 18.4 Å². The lowest BCUT2D eigenvalue weighted by Gasteiger charge is -2.25. The molecule has 2 unspecified atom stereocenters. The molecule has 0 spiro atoms. The van der Waals surface area contributed by atoms with Gasteiger partial charge in [0.15, 0.2) is 0 Å². The fourth-order valence-electron chi connectivity index (χ4n) is 1.99. The summed E-state index contributed by atoms with van der Waals surface area (Å²) < 4.78 is 18.7. The van der Waals surface area contributed by atoms with E-state index in [0.717, 1.165) is 31.5 Å². The topological polar surface area (TPSA) is 25.2 Å². The number of hydrogen-bond acceptors (Lipinski definition) is 2. The van der Waals surface area contributed by atoms with Crippen molar-refractivity contribution >= 4 is 0 Å². The largest absolute Gasteiger partial charge is 0.472 e. The van der Waals surface area contributed by atoms with E-state index in [-0.39, 0.29) is 5.92 Å². The maximum Gasteiger partial charge on any atom is 0.108 e. The van der Waals surface area contributed by atoms with Gasteiger partial charge in [0.25, 0.3) is 0 Å². The number of halogens is 1. The van der Waals surface area contributed by atoms with Crippen molar-refractivity contribution in [2.75, 3.05) is 13.1 Å². The standard InChI is InChI=1S/C11H16FNO/c12-11(6-9-3-5-14-8-9)10-2-1-4-13-7-10/h3,5,8,10-11,13H,1-2,4,6-7H2. The molecular formula is C11H16FNO. The van der Waals surface area contributed by atoms with Crippen LogP contribution >= 0.6 is 0 Å². The van der Waals surface area contributed by atoms with Gasteiger partial charge in [-0.3, -0.25) is 0 Å². The summed E-state index contributed by atoms with van der Waals surface area (Å²) in [4.78, 5) is 0. The smallest absolute Gasteiger partial charge is 0.108 e. The molecule has 78 valence electrons. The van der Waals surface area contributed by atoms with Gasteiger partial charge in [0.05, 0.1) is 12.5 Å². The summed E-state index contributed by atoms with van der Waals surface area (Å²) in [7, 11) is 0. The summed E-state index contributed by atoms with van der Waals surface area (Å²) in [6, 6.07) is 1.84. The summed E-state index contributed by atoms with van der Waals surface area (Å²) in [6.07, 6.45) is 5.08. The molecular weight excluding hydrogens is 181 g/mol. The number of furan rings is 1. The lowest BCUT2D eigenvalue weighted by atomic mass is 9.91. The first-order chi connectivity index (χ1) is 6.86. The Kier molecular flexibility index (Phi) is 3.19. The predicted octanol–water partition coefficient (Wildman–Crippen LogP) is 2.16. The molecule has 0 bridgehead atoms. The fraction of sp³-hybridized carbons (Fsp3) is 0.636. The monoisotopic (exact) mass is 197 g/mol. The van der Waals surface area contributed by atoms with Crippen molar-refractivity contribution < 1.29 is 8.81 Å². The van der Waals surface area contributed by atoms with Crippen molar-refractivity contribution in [2.45, 2.75) is 25.4 Å². The summed E-state index contributed by atoms with van der Waals surface area (Å²) >= 11 is 0. The van der Waals surface area contributed by atoms with Gasteiger partial charge in [-0.05, 0) is 31.0 Å². The lowest BCUT2D eigenvalue weighted by molar-refractivity contribution is 0.191. The minimum atomic E-state index is -0.736. The summed E-state index contributed by atoms with van der Waals surface area (Å²) in [5.74, 6) is 0.179. The van der Waals surface area contributed by atoms with Gasteiger partial charge in [-0.15, -0.1) is 0 Å². The Morgan fingerprint density at radius 1 is 1.64 bits per heavy atom. The Balaban J connectivity index is 1.85. The molecule has 2 nitrogen and oxygen atoms in total. The quantitative estimate of drug-likeness (QED) is 0.803. The number of rotatable bonds is 3. The van der Waals surface area contributed by atoms with Crippen LogP contribution in [-0.4, -0.2) is 19.3 Å². The second kappa shape index (κ2) is 4.60. The van der Waals surface area contributed by atoms with Gasteiger partial charge in [0.2, 0.25) is 0 Å². The van der Waals surface area contributed by atoms with Crippen molar-refractivity contribution in [1.82, 2.24) is 5.32 Å². The molecule has 1 aromatic rings. The van der Waals surface area contributed by atoms with Crippen LogP contribution in [0.4, 0.5) is 4.39 Å². The Hall–Kier alpha value is -0.830. The molecule has 3 heteroatoms. The van der Waals surface area contributed by atoms with Crippen molar-refractivity contribution in [3.8, 4) is 0 Å². The molecule has 0 aliphatic carbocycles. The highest BCUT2D eigenvalue weighted by atomic mass is 19.1. The van der Waals surface area contributed by atoms with E-state index in [1.807, 2.05) is 6.07 Å². The minimum Gasteiger partial charge on any atom is -0.472 e. The van der Waals surface area contributed by atoms with Gasteiger partial charge in [-0.2, -0.15) is 0 Å². The van der Waals surface area contributed by atoms with Gasteiger partial charge in [-0.1, -0.05) is 0 Å². The Bertz CT molecular complexity index is 254. The van der Waals surface area contributed by atoms with Crippen molar-refractivity contribution in [3.63, 3.8) is 0 Å². The molecule has 1 aromatic heterocycles. The molecule has 2 heterocycles. The number of nitrogens with one attached hydrogen (secondary N) is 1. The number of hydrogen-bond donors (Lipinski definition) is 1. The molecule has 2 rings (SSSR count).